The third kappa shape index (κ3) is 3.64. The van der Waals surface area contributed by atoms with E-state index in [0.29, 0.717) is 5.25 Å². The van der Waals surface area contributed by atoms with Gasteiger partial charge in [0.05, 0.1) is 0 Å². The number of nitrogens with zero attached hydrogens (tertiary/aromatic N) is 2. The van der Waals surface area contributed by atoms with E-state index < -0.39 is 0 Å². The SMILES string of the molecule is Cc1cc(C)nc(SC(C)CCN)n1. The molecule has 0 aliphatic heterocycles. The summed E-state index contributed by atoms with van der Waals surface area (Å²) in [4.78, 5) is 8.73. The van der Waals surface area contributed by atoms with Crippen molar-refractivity contribution < 1.29 is 0 Å². The molecule has 2 N–H and O–H groups in total. The summed E-state index contributed by atoms with van der Waals surface area (Å²) in [5.41, 5.74) is 7.54. The number of nitrogens with two attached hydrogens (primary N) is 1. The third-order valence-electron chi connectivity index (χ3n) is 1.84. The fraction of sp³-hybridized carbons (Fsp3) is 0.600. The predicted octanol–water partition coefficient (Wildman–Crippen LogP) is 1.92. The first-order valence-corrected chi connectivity index (χ1v) is 5.69. The normalized spacial score (nSPS) is 12.9. The van der Waals surface area contributed by atoms with Crippen LogP contribution in [0.4, 0.5) is 0 Å². The highest BCUT2D eigenvalue weighted by atomic mass is 32.2. The highest BCUT2D eigenvalue weighted by Gasteiger charge is 2.06. The lowest BCUT2D eigenvalue weighted by atomic mass is 10.3. The number of aromatic nitrogens is 2. The number of hydrogen-bond acceptors (Lipinski definition) is 4. The molecule has 0 bridgehead atoms. The van der Waals surface area contributed by atoms with Crippen molar-refractivity contribution in [2.75, 3.05) is 6.54 Å². The summed E-state index contributed by atoms with van der Waals surface area (Å²) in [6.45, 7) is 6.86. The van der Waals surface area contributed by atoms with Gasteiger partial charge in [-0.15, -0.1) is 0 Å². The van der Waals surface area contributed by atoms with Gasteiger partial charge in [0.2, 0.25) is 0 Å². The van der Waals surface area contributed by atoms with Gasteiger partial charge in [0.15, 0.2) is 5.16 Å². The van der Waals surface area contributed by atoms with Gasteiger partial charge in [-0.25, -0.2) is 9.97 Å². The van der Waals surface area contributed by atoms with Crippen molar-refractivity contribution >= 4 is 11.8 Å². The first-order chi connectivity index (χ1) is 6.61. The lowest BCUT2D eigenvalue weighted by Crippen LogP contribution is -2.07. The molecule has 0 saturated carbocycles. The van der Waals surface area contributed by atoms with Crippen LogP contribution in [0.15, 0.2) is 11.2 Å². The first kappa shape index (κ1) is 11.5. The van der Waals surface area contributed by atoms with E-state index in [1.54, 1.807) is 11.8 Å². The molecule has 1 unspecified atom stereocenters. The molecule has 0 saturated heterocycles. The number of rotatable bonds is 4. The lowest BCUT2D eigenvalue weighted by molar-refractivity contribution is 0.812. The zero-order chi connectivity index (χ0) is 10.6. The topological polar surface area (TPSA) is 51.8 Å². The summed E-state index contributed by atoms with van der Waals surface area (Å²) in [6, 6.07) is 1.98. The largest absolute Gasteiger partial charge is 0.330 e. The Bertz CT molecular complexity index is 281. The maximum Gasteiger partial charge on any atom is 0.188 e. The smallest absolute Gasteiger partial charge is 0.188 e. The number of aryl methyl sites for hydroxylation is 2. The zero-order valence-electron chi connectivity index (χ0n) is 8.95. The van der Waals surface area contributed by atoms with Gasteiger partial charge < -0.3 is 5.73 Å². The minimum absolute atomic E-state index is 0.487. The Morgan fingerprint density at radius 3 is 2.43 bits per heavy atom. The van der Waals surface area contributed by atoms with Gasteiger partial charge in [-0.2, -0.15) is 0 Å². The van der Waals surface area contributed by atoms with Crippen LogP contribution in [0.1, 0.15) is 24.7 Å². The van der Waals surface area contributed by atoms with Crippen molar-refractivity contribution in [3.63, 3.8) is 0 Å². The second kappa shape index (κ2) is 5.32. The van der Waals surface area contributed by atoms with Crippen LogP contribution in [0.3, 0.4) is 0 Å². The van der Waals surface area contributed by atoms with E-state index in [2.05, 4.69) is 16.9 Å². The molecule has 14 heavy (non-hydrogen) atoms. The molecule has 0 aliphatic rings. The Labute approximate surface area is 89.5 Å². The summed E-state index contributed by atoms with van der Waals surface area (Å²) in [6.07, 6.45) is 1.00. The van der Waals surface area contributed by atoms with E-state index in [-0.39, 0.29) is 0 Å². The molecule has 0 aromatic carbocycles. The Hall–Kier alpha value is -0.610. The van der Waals surface area contributed by atoms with Crippen molar-refractivity contribution in [1.82, 2.24) is 9.97 Å². The molecule has 0 aliphatic carbocycles. The quantitative estimate of drug-likeness (QED) is 0.610. The minimum atomic E-state index is 0.487. The van der Waals surface area contributed by atoms with E-state index in [9.17, 15) is 0 Å². The molecule has 1 heterocycles. The van der Waals surface area contributed by atoms with Gasteiger partial charge in [-0.1, -0.05) is 18.7 Å². The summed E-state index contributed by atoms with van der Waals surface area (Å²) >= 11 is 1.69. The van der Waals surface area contributed by atoms with Crippen molar-refractivity contribution in [2.45, 2.75) is 37.6 Å². The molecule has 3 nitrogen and oxygen atoms in total. The Morgan fingerprint density at radius 2 is 1.93 bits per heavy atom. The van der Waals surface area contributed by atoms with Crippen molar-refractivity contribution in [3.05, 3.63) is 17.5 Å². The van der Waals surface area contributed by atoms with Gasteiger partial charge >= 0.3 is 0 Å². The minimum Gasteiger partial charge on any atom is -0.330 e. The Balaban J connectivity index is 2.66. The fourth-order valence-corrected chi connectivity index (χ4v) is 2.23. The van der Waals surface area contributed by atoms with Crippen LogP contribution in [-0.4, -0.2) is 21.8 Å². The van der Waals surface area contributed by atoms with Crippen LogP contribution in [0.2, 0.25) is 0 Å². The van der Waals surface area contributed by atoms with E-state index in [0.717, 1.165) is 29.5 Å². The number of thioether (sulfide) groups is 1. The van der Waals surface area contributed by atoms with Crippen LogP contribution >= 0.6 is 11.8 Å². The van der Waals surface area contributed by atoms with Crippen LogP contribution in [0, 0.1) is 13.8 Å². The molecule has 0 spiro atoms. The second-order valence-electron chi connectivity index (χ2n) is 3.44. The molecule has 1 aromatic rings. The van der Waals surface area contributed by atoms with Gasteiger partial charge in [-0.3, -0.25) is 0 Å². The summed E-state index contributed by atoms with van der Waals surface area (Å²) in [5, 5.41) is 1.35. The van der Waals surface area contributed by atoms with Crippen molar-refractivity contribution in [3.8, 4) is 0 Å². The molecule has 1 aromatic heterocycles. The zero-order valence-corrected chi connectivity index (χ0v) is 9.77. The lowest BCUT2D eigenvalue weighted by Gasteiger charge is -2.08. The van der Waals surface area contributed by atoms with Crippen molar-refractivity contribution in [1.29, 1.82) is 0 Å². The van der Waals surface area contributed by atoms with E-state index >= 15 is 0 Å². The monoisotopic (exact) mass is 211 g/mol. The maximum atomic E-state index is 5.49. The summed E-state index contributed by atoms with van der Waals surface area (Å²) < 4.78 is 0. The van der Waals surface area contributed by atoms with Crippen LogP contribution in [0.5, 0.6) is 0 Å². The molecule has 0 amide bonds. The summed E-state index contributed by atoms with van der Waals surface area (Å²) in [7, 11) is 0. The standard InChI is InChI=1S/C10H17N3S/c1-7-6-8(2)13-10(12-7)14-9(3)4-5-11/h6,9H,4-5,11H2,1-3H3. The van der Waals surface area contributed by atoms with E-state index in [1.807, 2.05) is 19.9 Å². The third-order valence-corrected chi connectivity index (χ3v) is 2.87. The van der Waals surface area contributed by atoms with E-state index in [1.165, 1.54) is 0 Å². The molecular formula is C10H17N3S. The van der Waals surface area contributed by atoms with Gasteiger partial charge in [0.25, 0.3) is 0 Å². The average molecular weight is 211 g/mol. The molecule has 1 rings (SSSR count). The second-order valence-corrected chi connectivity index (χ2v) is 4.84. The molecule has 4 heteroatoms. The van der Waals surface area contributed by atoms with Crippen LogP contribution in [-0.2, 0) is 0 Å². The highest BCUT2D eigenvalue weighted by Crippen LogP contribution is 2.21. The fourth-order valence-electron chi connectivity index (χ4n) is 1.22. The molecular weight excluding hydrogens is 194 g/mol. The molecule has 0 radical (unpaired) electrons. The average Bonchev–Trinajstić information content (AvgIpc) is 2.01. The first-order valence-electron chi connectivity index (χ1n) is 4.81. The summed E-state index contributed by atoms with van der Waals surface area (Å²) in [5.74, 6) is 0. The Morgan fingerprint density at radius 1 is 1.36 bits per heavy atom. The predicted molar refractivity (Wildman–Crippen MR) is 60.5 cm³/mol. The molecule has 0 fully saturated rings. The molecule has 1 atom stereocenters. The highest BCUT2D eigenvalue weighted by molar-refractivity contribution is 7.99. The van der Waals surface area contributed by atoms with E-state index in [4.69, 9.17) is 5.73 Å². The van der Waals surface area contributed by atoms with Gasteiger partial charge in [0.1, 0.15) is 0 Å². The Kier molecular flexibility index (Phi) is 4.35. The van der Waals surface area contributed by atoms with Crippen LogP contribution < -0.4 is 5.73 Å². The maximum absolute atomic E-state index is 5.49. The number of hydrogen-bond donors (Lipinski definition) is 1. The van der Waals surface area contributed by atoms with Crippen LogP contribution in [0.25, 0.3) is 0 Å². The van der Waals surface area contributed by atoms with Gasteiger partial charge in [0, 0.05) is 16.6 Å². The molecule has 78 valence electrons. The van der Waals surface area contributed by atoms with Crippen molar-refractivity contribution in [2.24, 2.45) is 5.73 Å². The van der Waals surface area contributed by atoms with Gasteiger partial charge in [-0.05, 0) is 32.9 Å².